The highest BCUT2D eigenvalue weighted by Crippen LogP contribution is 2.30. The molecule has 1 N–H and O–H groups in total. The second-order valence-corrected chi connectivity index (χ2v) is 6.36. The molecule has 0 saturated carbocycles. The van der Waals surface area contributed by atoms with E-state index in [1.165, 1.54) is 6.08 Å². The van der Waals surface area contributed by atoms with E-state index in [1.807, 2.05) is 0 Å². The highest BCUT2D eigenvalue weighted by molar-refractivity contribution is 9.11. The molecule has 1 aliphatic rings. The molecule has 2 atom stereocenters. The van der Waals surface area contributed by atoms with Crippen molar-refractivity contribution in [2.75, 3.05) is 6.61 Å². The molecule has 0 aliphatic carbocycles. The third-order valence-electron chi connectivity index (χ3n) is 3.52. The van der Waals surface area contributed by atoms with Crippen molar-refractivity contribution in [3.63, 3.8) is 0 Å². The number of alkyl halides is 3. The number of aldehydes is 1. The fourth-order valence-electron chi connectivity index (χ4n) is 2.27. The average Bonchev–Trinajstić information content (AvgIpc) is 2.75. The summed E-state index contributed by atoms with van der Waals surface area (Å²) in [6.45, 7) is 0.370. The maximum Gasteiger partial charge on any atom is 0.389 e. The smallest absolute Gasteiger partial charge is 0.389 e. The van der Waals surface area contributed by atoms with Crippen LogP contribution in [-0.2, 0) is 14.3 Å². The molecule has 8 heteroatoms. The second-order valence-electron chi connectivity index (χ2n) is 5.57. The third-order valence-corrected chi connectivity index (χ3v) is 3.95. The van der Waals surface area contributed by atoms with E-state index in [1.54, 1.807) is 0 Å². The van der Waals surface area contributed by atoms with E-state index in [0.717, 1.165) is 32.1 Å². The van der Waals surface area contributed by atoms with Crippen molar-refractivity contribution in [1.29, 1.82) is 0 Å². The predicted molar refractivity (Wildman–Crippen MR) is 81.8 cm³/mol. The van der Waals surface area contributed by atoms with Crippen molar-refractivity contribution in [1.82, 2.24) is 0 Å². The summed E-state index contributed by atoms with van der Waals surface area (Å²) in [6.07, 6.45) is 1.24. The average molecular weight is 403 g/mol. The quantitative estimate of drug-likeness (QED) is 0.415. The Morgan fingerprint density at radius 1 is 1.22 bits per heavy atom. The summed E-state index contributed by atoms with van der Waals surface area (Å²) in [7, 11) is 0. The zero-order valence-electron chi connectivity index (χ0n) is 12.8. The van der Waals surface area contributed by atoms with Gasteiger partial charge < -0.3 is 14.6 Å². The van der Waals surface area contributed by atoms with Crippen LogP contribution in [0.15, 0.2) is 10.7 Å². The van der Waals surface area contributed by atoms with E-state index in [2.05, 4.69) is 15.9 Å². The standard InChI is InChI=1S/C15H22BrF3O4/c16-13-10-12(14(21,11-20)23-13)22-9-7-5-3-1-2-4-6-8-15(17,18)19/h10-12,21H,1-9H2. The molecule has 1 aliphatic heterocycles. The molecule has 0 aromatic carbocycles. The van der Waals surface area contributed by atoms with Crippen LogP contribution in [0, 0.1) is 0 Å². The lowest BCUT2D eigenvalue weighted by atomic mass is 10.1. The van der Waals surface area contributed by atoms with Crippen LogP contribution in [0.3, 0.4) is 0 Å². The zero-order valence-corrected chi connectivity index (χ0v) is 14.4. The number of carbonyl (C=O) groups is 1. The Morgan fingerprint density at radius 3 is 2.35 bits per heavy atom. The van der Waals surface area contributed by atoms with Gasteiger partial charge in [0.15, 0.2) is 17.1 Å². The molecule has 23 heavy (non-hydrogen) atoms. The summed E-state index contributed by atoms with van der Waals surface area (Å²) in [5.41, 5.74) is 0. The lowest BCUT2D eigenvalue weighted by Crippen LogP contribution is -2.43. The number of hydrogen-bond donors (Lipinski definition) is 1. The van der Waals surface area contributed by atoms with Gasteiger partial charge in [0.1, 0.15) is 0 Å². The number of hydrogen-bond acceptors (Lipinski definition) is 4. The van der Waals surface area contributed by atoms with Crippen molar-refractivity contribution in [3.8, 4) is 0 Å². The molecule has 0 saturated heterocycles. The predicted octanol–water partition coefficient (Wildman–Crippen LogP) is 4.21. The summed E-state index contributed by atoms with van der Waals surface area (Å²) < 4.78 is 46.4. The Bertz CT molecular complexity index is 401. The van der Waals surface area contributed by atoms with E-state index in [4.69, 9.17) is 9.47 Å². The van der Waals surface area contributed by atoms with Crippen molar-refractivity contribution in [2.45, 2.75) is 69.4 Å². The minimum atomic E-state index is -4.05. The first-order valence-electron chi connectivity index (χ1n) is 7.70. The van der Waals surface area contributed by atoms with E-state index in [9.17, 15) is 23.1 Å². The van der Waals surface area contributed by atoms with Gasteiger partial charge in [-0.15, -0.1) is 0 Å². The minimum Gasteiger partial charge on any atom is -0.446 e. The van der Waals surface area contributed by atoms with Crippen LogP contribution < -0.4 is 0 Å². The summed E-state index contributed by atoms with van der Waals surface area (Å²) in [5.74, 6) is -1.97. The highest BCUT2D eigenvalue weighted by Gasteiger charge is 2.44. The molecule has 0 spiro atoms. The van der Waals surface area contributed by atoms with Gasteiger partial charge in [-0.05, 0) is 28.8 Å². The number of halogens is 4. The summed E-state index contributed by atoms with van der Waals surface area (Å²) in [6, 6.07) is 0. The first-order chi connectivity index (χ1) is 10.8. The van der Waals surface area contributed by atoms with Crippen LogP contribution in [0.2, 0.25) is 0 Å². The van der Waals surface area contributed by atoms with Gasteiger partial charge in [-0.3, -0.25) is 4.79 Å². The lowest BCUT2D eigenvalue weighted by Gasteiger charge is -2.22. The molecule has 134 valence electrons. The van der Waals surface area contributed by atoms with Gasteiger partial charge >= 0.3 is 6.18 Å². The van der Waals surface area contributed by atoms with Crippen molar-refractivity contribution in [3.05, 3.63) is 10.7 Å². The maximum absolute atomic E-state index is 11.9. The molecule has 0 radical (unpaired) electrons. The molecule has 0 amide bonds. The second kappa shape index (κ2) is 9.64. The molecular weight excluding hydrogens is 381 g/mol. The number of ether oxygens (including phenoxy) is 2. The lowest BCUT2D eigenvalue weighted by molar-refractivity contribution is -0.200. The topological polar surface area (TPSA) is 55.8 Å². The monoisotopic (exact) mass is 402 g/mol. The van der Waals surface area contributed by atoms with Crippen LogP contribution in [0.25, 0.3) is 0 Å². The van der Waals surface area contributed by atoms with Crippen LogP contribution in [0.4, 0.5) is 13.2 Å². The van der Waals surface area contributed by atoms with Gasteiger partial charge in [0.05, 0.1) is 0 Å². The van der Waals surface area contributed by atoms with Gasteiger partial charge in [0.25, 0.3) is 5.79 Å². The molecular formula is C15H22BrF3O4. The van der Waals surface area contributed by atoms with E-state index < -0.39 is 24.5 Å². The Morgan fingerprint density at radius 2 is 1.78 bits per heavy atom. The summed E-state index contributed by atoms with van der Waals surface area (Å²) in [4.78, 5) is 10.8. The molecule has 1 heterocycles. The molecule has 4 nitrogen and oxygen atoms in total. The number of unbranched alkanes of at least 4 members (excludes halogenated alkanes) is 6. The fraction of sp³-hybridized carbons (Fsp3) is 0.800. The highest BCUT2D eigenvalue weighted by atomic mass is 79.9. The molecule has 1 rings (SSSR count). The van der Waals surface area contributed by atoms with Crippen LogP contribution in [-0.4, -0.2) is 36.1 Å². The Hall–Kier alpha value is -0.600. The normalized spacial score (nSPS) is 24.4. The number of rotatable bonds is 11. The van der Waals surface area contributed by atoms with Crippen molar-refractivity contribution in [2.24, 2.45) is 0 Å². The van der Waals surface area contributed by atoms with Gasteiger partial charge in [-0.1, -0.05) is 32.1 Å². The first kappa shape index (κ1) is 20.4. The first-order valence-corrected chi connectivity index (χ1v) is 8.49. The Labute approximate surface area is 142 Å². The molecule has 0 bridgehead atoms. The fourth-order valence-corrected chi connectivity index (χ4v) is 2.77. The van der Waals surface area contributed by atoms with Crippen molar-refractivity contribution < 1.29 is 32.5 Å². The van der Waals surface area contributed by atoms with Crippen molar-refractivity contribution >= 4 is 22.2 Å². The molecule has 2 unspecified atom stereocenters. The van der Waals surface area contributed by atoms with Crippen LogP contribution in [0.5, 0.6) is 0 Å². The number of aliphatic hydroxyl groups is 1. The third kappa shape index (κ3) is 8.17. The van der Waals surface area contributed by atoms with Gasteiger partial charge in [0.2, 0.25) is 0 Å². The van der Waals surface area contributed by atoms with Gasteiger partial charge in [-0.25, -0.2) is 0 Å². The van der Waals surface area contributed by atoms with E-state index >= 15 is 0 Å². The maximum atomic E-state index is 11.9. The van der Waals surface area contributed by atoms with E-state index in [-0.39, 0.29) is 11.1 Å². The Kier molecular flexibility index (Phi) is 8.57. The summed E-state index contributed by atoms with van der Waals surface area (Å²) >= 11 is 3.04. The van der Waals surface area contributed by atoms with Gasteiger partial charge in [-0.2, -0.15) is 13.2 Å². The van der Waals surface area contributed by atoms with Crippen LogP contribution in [0.1, 0.15) is 51.4 Å². The number of carbonyl (C=O) groups excluding carboxylic acids is 1. The SMILES string of the molecule is O=CC1(O)OC(Br)=CC1OCCCCCCCCCC(F)(F)F. The zero-order chi connectivity index (χ0) is 17.3. The minimum absolute atomic E-state index is 0.194. The van der Waals surface area contributed by atoms with Gasteiger partial charge in [0, 0.05) is 19.1 Å². The molecule has 0 aromatic heterocycles. The van der Waals surface area contributed by atoms with E-state index in [0.29, 0.717) is 19.3 Å². The van der Waals surface area contributed by atoms with Crippen LogP contribution >= 0.6 is 15.9 Å². The summed E-state index contributed by atoms with van der Waals surface area (Å²) in [5, 5.41) is 9.83. The largest absolute Gasteiger partial charge is 0.446 e. The Balaban J connectivity index is 1.99. The molecule has 0 aromatic rings. The molecule has 0 fully saturated rings.